The third kappa shape index (κ3) is 3.48. The predicted octanol–water partition coefficient (Wildman–Crippen LogP) is 5.81. The van der Waals surface area contributed by atoms with E-state index in [0.717, 1.165) is 29.2 Å². The van der Waals surface area contributed by atoms with Crippen molar-refractivity contribution >= 4 is 28.9 Å². The average Bonchev–Trinajstić information content (AvgIpc) is 3.46. The number of rotatable bonds is 4. The van der Waals surface area contributed by atoms with Gasteiger partial charge in [-0.05, 0) is 49.2 Å². The van der Waals surface area contributed by atoms with Crippen LogP contribution >= 0.6 is 0 Å². The zero-order valence-corrected chi connectivity index (χ0v) is 18.4. The molecule has 0 bridgehead atoms. The number of ketones is 1. The second kappa shape index (κ2) is 7.89. The number of carbonyl (C=O) groups is 1. The third-order valence-corrected chi connectivity index (χ3v) is 6.53. The maximum atomic E-state index is 13.3. The van der Waals surface area contributed by atoms with Gasteiger partial charge in [-0.2, -0.15) is 4.98 Å². The zero-order valence-electron chi connectivity index (χ0n) is 18.4. The summed E-state index contributed by atoms with van der Waals surface area (Å²) in [6.07, 6.45) is 3.62. The van der Waals surface area contributed by atoms with E-state index in [1.54, 1.807) is 6.26 Å². The van der Waals surface area contributed by atoms with Gasteiger partial charge in [0.05, 0.1) is 17.5 Å². The van der Waals surface area contributed by atoms with E-state index in [-0.39, 0.29) is 17.7 Å². The van der Waals surface area contributed by atoms with E-state index in [4.69, 9.17) is 14.4 Å². The van der Waals surface area contributed by atoms with Crippen molar-refractivity contribution < 1.29 is 9.21 Å². The maximum absolute atomic E-state index is 13.3. The molecule has 3 heterocycles. The summed E-state index contributed by atoms with van der Waals surface area (Å²) in [4.78, 5) is 25.4. The standard InChI is InChI=1S/C27H24N4O2/c1-17-14-18-8-5-6-11-22(18)31(17)27-29-21-15-19(24-12-7-13-33-24)16-23(32)25(21)26(30-27)28-20-9-3-2-4-10-20/h2-13,17,19H,14-16H2,1H3,(H,28,29,30). The summed E-state index contributed by atoms with van der Waals surface area (Å²) in [5.74, 6) is 2.04. The molecule has 0 saturated carbocycles. The van der Waals surface area contributed by atoms with Crippen molar-refractivity contribution in [3.8, 4) is 0 Å². The summed E-state index contributed by atoms with van der Waals surface area (Å²) in [7, 11) is 0. The molecule has 2 aliphatic rings. The number of furan rings is 1. The van der Waals surface area contributed by atoms with Crippen molar-refractivity contribution in [1.29, 1.82) is 0 Å². The molecule has 1 aliphatic carbocycles. The van der Waals surface area contributed by atoms with Gasteiger partial charge in [0.25, 0.3) is 0 Å². The Morgan fingerprint density at radius 2 is 1.76 bits per heavy atom. The largest absolute Gasteiger partial charge is 0.469 e. The van der Waals surface area contributed by atoms with Crippen LogP contribution in [0.3, 0.4) is 0 Å². The molecule has 6 heteroatoms. The summed E-state index contributed by atoms with van der Waals surface area (Å²) in [5.41, 5.74) is 4.66. The molecule has 6 nitrogen and oxygen atoms in total. The van der Waals surface area contributed by atoms with Gasteiger partial charge in [0, 0.05) is 36.2 Å². The topological polar surface area (TPSA) is 71.3 Å². The number of aromatic nitrogens is 2. The summed E-state index contributed by atoms with van der Waals surface area (Å²) in [6.45, 7) is 2.18. The van der Waals surface area contributed by atoms with Gasteiger partial charge in [-0.1, -0.05) is 36.4 Å². The molecule has 1 N–H and O–H groups in total. The number of fused-ring (bicyclic) bond motifs is 2. The van der Waals surface area contributed by atoms with Crippen LogP contribution in [0.25, 0.3) is 0 Å². The molecule has 0 radical (unpaired) electrons. The maximum Gasteiger partial charge on any atom is 0.232 e. The van der Waals surface area contributed by atoms with Crippen molar-refractivity contribution in [2.24, 2.45) is 0 Å². The lowest BCUT2D eigenvalue weighted by Gasteiger charge is -2.28. The lowest BCUT2D eigenvalue weighted by molar-refractivity contribution is 0.0959. The molecule has 0 saturated heterocycles. The van der Waals surface area contributed by atoms with Crippen LogP contribution in [0.15, 0.2) is 77.4 Å². The number of hydrogen-bond acceptors (Lipinski definition) is 6. The summed E-state index contributed by atoms with van der Waals surface area (Å²) in [5, 5.41) is 3.39. The highest BCUT2D eigenvalue weighted by molar-refractivity contribution is 6.03. The normalized spacial score (nSPS) is 19.3. The molecule has 0 fully saturated rings. The van der Waals surface area contributed by atoms with E-state index in [9.17, 15) is 4.79 Å². The molecule has 164 valence electrons. The lowest BCUT2D eigenvalue weighted by atomic mass is 9.84. The van der Waals surface area contributed by atoms with Crippen LogP contribution in [0.4, 0.5) is 23.1 Å². The number of hydrogen-bond donors (Lipinski definition) is 1. The third-order valence-electron chi connectivity index (χ3n) is 6.53. The summed E-state index contributed by atoms with van der Waals surface area (Å²) < 4.78 is 5.63. The van der Waals surface area contributed by atoms with Gasteiger partial charge in [-0.15, -0.1) is 0 Å². The molecule has 4 aromatic rings. The minimum Gasteiger partial charge on any atom is -0.469 e. The van der Waals surface area contributed by atoms with Gasteiger partial charge in [0.1, 0.15) is 11.6 Å². The molecular formula is C27H24N4O2. The van der Waals surface area contributed by atoms with E-state index in [1.807, 2.05) is 48.5 Å². The Hall–Kier alpha value is -3.93. The number of benzene rings is 2. The van der Waals surface area contributed by atoms with Crippen molar-refractivity contribution in [2.75, 3.05) is 10.2 Å². The first kappa shape index (κ1) is 19.7. The molecule has 6 rings (SSSR count). The van der Waals surface area contributed by atoms with Gasteiger partial charge >= 0.3 is 0 Å². The number of carbonyl (C=O) groups excluding carboxylic acids is 1. The van der Waals surface area contributed by atoms with Crippen LogP contribution in [0.5, 0.6) is 0 Å². The lowest BCUT2D eigenvalue weighted by Crippen LogP contribution is -2.29. The second-order valence-electron chi connectivity index (χ2n) is 8.78. The highest BCUT2D eigenvalue weighted by Crippen LogP contribution is 2.40. The van der Waals surface area contributed by atoms with Crippen LogP contribution in [0.1, 0.15) is 46.6 Å². The van der Waals surface area contributed by atoms with Gasteiger partial charge in [-0.3, -0.25) is 4.79 Å². The van der Waals surface area contributed by atoms with Crippen molar-refractivity contribution in [3.63, 3.8) is 0 Å². The van der Waals surface area contributed by atoms with E-state index >= 15 is 0 Å². The SMILES string of the molecule is CC1Cc2ccccc2N1c1nc2c(c(Nc3ccccc3)n1)C(=O)CC(c1ccco1)C2. The highest BCUT2D eigenvalue weighted by Gasteiger charge is 2.35. The minimum absolute atomic E-state index is 0.0180. The van der Waals surface area contributed by atoms with E-state index in [1.165, 1.54) is 5.56 Å². The quantitative estimate of drug-likeness (QED) is 0.435. The Morgan fingerprint density at radius 1 is 0.939 bits per heavy atom. The van der Waals surface area contributed by atoms with Gasteiger partial charge in [0.2, 0.25) is 5.95 Å². The molecule has 0 amide bonds. The van der Waals surface area contributed by atoms with Crippen LogP contribution in [0, 0.1) is 0 Å². The van der Waals surface area contributed by atoms with Crippen molar-refractivity contribution in [2.45, 2.75) is 38.1 Å². The van der Waals surface area contributed by atoms with Crippen LogP contribution in [0.2, 0.25) is 0 Å². The summed E-state index contributed by atoms with van der Waals surface area (Å²) >= 11 is 0. The highest BCUT2D eigenvalue weighted by atomic mass is 16.3. The van der Waals surface area contributed by atoms with Gasteiger partial charge < -0.3 is 14.6 Å². The Bertz CT molecular complexity index is 1320. The number of nitrogens with zero attached hydrogens (tertiary/aromatic N) is 3. The first-order chi connectivity index (χ1) is 16.2. The summed E-state index contributed by atoms with van der Waals surface area (Å²) in [6, 6.07) is 22.3. The molecular weight excluding hydrogens is 412 g/mol. The van der Waals surface area contributed by atoms with E-state index in [0.29, 0.717) is 30.2 Å². The number of nitrogens with one attached hydrogen (secondary N) is 1. The number of Topliss-reactive ketones (excluding diaryl/α,β-unsaturated/α-hetero) is 1. The van der Waals surface area contributed by atoms with Crippen molar-refractivity contribution in [1.82, 2.24) is 9.97 Å². The predicted molar refractivity (Wildman–Crippen MR) is 128 cm³/mol. The monoisotopic (exact) mass is 436 g/mol. The van der Waals surface area contributed by atoms with Crippen molar-refractivity contribution in [3.05, 3.63) is 95.6 Å². The van der Waals surface area contributed by atoms with E-state index < -0.39 is 0 Å². The Kier molecular flexibility index (Phi) is 4.72. The fourth-order valence-electron chi connectivity index (χ4n) is 5.02. The fraction of sp³-hybridized carbons (Fsp3) is 0.222. The van der Waals surface area contributed by atoms with Gasteiger partial charge in [-0.25, -0.2) is 4.98 Å². The smallest absolute Gasteiger partial charge is 0.232 e. The van der Waals surface area contributed by atoms with Crippen LogP contribution in [-0.4, -0.2) is 21.8 Å². The zero-order chi connectivity index (χ0) is 22.4. The fourth-order valence-corrected chi connectivity index (χ4v) is 5.02. The van der Waals surface area contributed by atoms with Crippen LogP contribution in [-0.2, 0) is 12.8 Å². The average molecular weight is 437 g/mol. The Morgan fingerprint density at radius 3 is 2.58 bits per heavy atom. The minimum atomic E-state index is -0.0180. The second-order valence-corrected chi connectivity index (χ2v) is 8.78. The molecule has 2 aromatic carbocycles. The first-order valence-corrected chi connectivity index (χ1v) is 11.3. The molecule has 0 spiro atoms. The van der Waals surface area contributed by atoms with Crippen LogP contribution < -0.4 is 10.2 Å². The van der Waals surface area contributed by atoms with Gasteiger partial charge in [0.15, 0.2) is 5.78 Å². The molecule has 2 unspecified atom stereocenters. The van der Waals surface area contributed by atoms with E-state index in [2.05, 4.69) is 35.3 Å². The number of para-hydroxylation sites is 2. The Balaban J connectivity index is 1.48. The number of anilines is 4. The molecule has 33 heavy (non-hydrogen) atoms. The Labute approximate surface area is 192 Å². The first-order valence-electron chi connectivity index (χ1n) is 11.3. The molecule has 1 aliphatic heterocycles. The molecule has 2 atom stereocenters. The molecule has 2 aromatic heterocycles.